The van der Waals surface area contributed by atoms with Gasteiger partial charge in [0.1, 0.15) is 5.82 Å². The Bertz CT molecular complexity index is 1280. The lowest BCUT2D eigenvalue weighted by Gasteiger charge is -2.37. The fraction of sp³-hybridized carbons (Fsp3) is 0.500. The Hall–Kier alpha value is -3.40. The zero-order valence-corrected chi connectivity index (χ0v) is 21.4. The van der Waals surface area contributed by atoms with E-state index in [0.717, 1.165) is 48.2 Å². The molecule has 2 aromatic heterocycles. The first-order chi connectivity index (χ1) is 18.4. The molecule has 1 amide bonds. The van der Waals surface area contributed by atoms with Gasteiger partial charge in [0.15, 0.2) is 0 Å². The molecule has 10 heteroatoms. The molecule has 1 unspecified atom stereocenters. The van der Waals surface area contributed by atoms with Crippen molar-refractivity contribution in [3.63, 3.8) is 0 Å². The Morgan fingerprint density at radius 2 is 1.76 bits per heavy atom. The number of nitrogens with one attached hydrogen (secondary N) is 2. The van der Waals surface area contributed by atoms with Crippen molar-refractivity contribution in [2.24, 2.45) is 0 Å². The Balaban J connectivity index is 1.19. The van der Waals surface area contributed by atoms with Gasteiger partial charge in [0.05, 0.1) is 11.6 Å². The van der Waals surface area contributed by atoms with Crippen molar-refractivity contribution >= 4 is 28.6 Å². The van der Waals surface area contributed by atoms with Gasteiger partial charge in [-0.3, -0.25) is 9.69 Å². The van der Waals surface area contributed by atoms with E-state index in [1.807, 2.05) is 29.2 Å². The molecule has 1 atom stereocenters. The molecule has 2 saturated heterocycles. The molecule has 6 rings (SSSR count). The minimum absolute atomic E-state index is 0.200. The Morgan fingerprint density at radius 3 is 2.47 bits per heavy atom. The monoisotopic (exact) mass is 521 g/mol. The summed E-state index contributed by atoms with van der Waals surface area (Å²) in [4.78, 5) is 31.3. The lowest BCUT2D eigenvalue weighted by atomic mass is 10.0. The summed E-state index contributed by atoms with van der Waals surface area (Å²) in [6.45, 7) is 2.76. The number of piperidine rings is 1. The fourth-order valence-electron chi connectivity index (χ4n) is 5.36. The standard InChI is InChI=1S/C28H33F2N7O/c29-28(30)10-14-36(15-11-28)24(19-16-32-27(33-17-19)34-20-6-7-20)18-31-26(38)22-4-3-5-23-21(22)8-9-25(35-23)37-12-1-2-13-37/h3-5,8-9,16-17,20,24H,1-2,6-7,10-15,18H2,(H,31,38)(H,32,33,34). The van der Waals surface area contributed by atoms with Crippen molar-refractivity contribution in [2.45, 2.75) is 56.5 Å². The highest BCUT2D eigenvalue weighted by molar-refractivity contribution is 6.06. The number of halogens is 2. The maximum atomic E-state index is 13.9. The topological polar surface area (TPSA) is 86.3 Å². The van der Waals surface area contributed by atoms with E-state index in [1.165, 1.54) is 12.8 Å². The molecular weight excluding hydrogens is 488 g/mol. The molecule has 0 spiro atoms. The predicted octanol–water partition coefficient (Wildman–Crippen LogP) is 4.40. The Kier molecular flexibility index (Phi) is 6.82. The summed E-state index contributed by atoms with van der Waals surface area (Å²) in [5, 5.41) is 7.12. The minimum atomic E-state index is -2.65. The molecule has 1 saturated carbocycles. The second kappa shape index (κ2) is 10.4. The van der Waals surface area contributed by atoms with Gasteiger partial charge >= 0.3 is 0 Å². The number of hydrogen-bond acceptors (Lipinski definition) is 7. The van der Waals surface area contributed by atoms with Gasteiger partial charge in [0.25, 0.3) is 11.8 Å². The molecule has 2 N–H and O–H groups in total. The Labute approximate surface area is 220 Å². The first-order valence-corrected chi connectivity index (χ1v) is 13.6. The van der Waals surface area contributed by atoms with Gasteiger partial charge < -0.3 is 15.5 Å². The number of aromatic nitrogens is 3. The second-order valence-corrected chi connectivity index (χ2v) is 10.6. The summed E-state index contributed by atoms with van der Waals surface area (Å²) >= 11 is 0. The van der Waals surface area contributed by atoms with Crippen LogP contribution in [0, 0.1) is 0 Å². The normalized spacial score (nSPS) is 20.4. The number of hydrogen-bond donors (Lipinski definition) is 2. The second-order valence-electron chi connectivity index (χ2n) is 10.6. The van der Waals surface area contributed by atoms with Crippen molar-refractivity contribution in [2.75, 3.05) is 42.9 Å². The molecule has 0 bridgehead atoms. The average Bonchev–Trinajstić information content (AvgIpc) is 3.57. The van der Waals surface area contributed by atoms with E-state index in [4.69, 9.17) is 4.98 Å². The van der Waals surface area contributed by atoms with E-state index in [9.17, 15) is 13.6 Å². The third-order valence-corrected chi connectivity index (χ3v) is 7.79. The zero-order valence-electron chi connectivity index (χ0n) is 21.4. The number of alkyl halides is 2. The van der Waals surface area contributed by atoms with Crippen LogP contribution in [0.5, 0.6) is 0 Å². The highest BCUT2D eigenvalue weighted by atomic mass is 19.3. The molecule has 3 fully saturated rings. The summed E-state index contributed by atoms with van der Waals surface area (Å²) in [7, 11) is 0. The van der Waals surface area contributed by atoms with Crippen LogP contribution in [0.1, 0.15) is 60.5 Å². The van der Waals surface area contributed by atoms with Gasteiger partial charge in [-0.1, -0.05) is 6.07 Å². The Morgan fingerprint density at radius 1 is 1.03 bits per heavy atom. The maximum Gasteiger partial charge on any atom is 0.252 e. The van der Waals surface area contributed by atoms with Gasteiger partial charge in [-0.2, -0.15) is 0 Å². The van der Waals surface area contributed by atoms with Crippen LogP contribution in [-0.4, -0.2) is 70.4 Å². The van der Waals surface area contributed by atoms with Gasteiger partial charge in [-0.25, -0.2) is 23.7 Å². The van der Waals surface area contributed by atoms with Crippen LogP contribution in [0.3, 0.4) is 0 Å². The first-order valence-electron chi connectivity index (χ1n) is 13.6. The van der Waals surface area contributed by atoms with E-state index in [-0.39, 0.29) is 44.4 Å². The first kappa shape index (κ1) is 24.9. The summed E-state index contributed by atoms with van der Waals surface area (Å²) in [6.07, 6.45) is 7.65. The van der Waals surface area contributed by atoms with Crippen LogP contribution < -0.4 is 15.5 Å². The quantitative estimate of drug-likeness (QED) is 0.454. The molecule has 0 radical (unpaired) electrons. The predicted molar refractivity (Wildman–Crippen MR) is 143 cm³/mol. The smallest absolute Gasteiger partial charge is 0.252 e. The molecule has 3 aliphatic rings. The summed E-state index contributed by atoms with van der Waals surface area (Å²) in [5.41, 5.74) is 2.13. The maximum absolute atomic E-state index is 13.9. The highest BCUT2D eigenvalue weighted by Crippen LogP contribution is 2.32. The van der Waals surface area contributed by atoms with Crippen LogP contribution in [-0.2, 0) is 0 Å². The molecule has 200 valence electrons. The number of carbonyl (C=O) groups excluding carboxylic acids is 1. The van der Waals surface area contributed by atoms with Gasteiger partial charge in [0, 0.05) is 80.5 Å². The molecular formula is C28H33F2N7O. The number of rotatable bonds is 8. The van der Waals surface area contributed by atoms with Gasteiger partial charge in [0.2, 0.25) is 5.95 Å². The van der Waals surface area contributed by atoms with Crippen LogP contribution in [0.4, 0.5) is 20.5 Å². The lowest BCUT2D eigenvalue weighted by Crippen LogP contribution is -2.45. The van der Waals surface area contributed by atoms with Gasteiger partial charge in [-0.05, 0) is 49.9 Å². The van der Waals surface area contributed by atoms with E-state index in [1.54, 1.807) is 18.5 Å². The summed E-state index contributed by atoms with van der Waals surface area (Å²) in [6, 6.07) is 9.65. The van der Waals surface area contributed by atoms with Crippen molar-refractivity contribution in [3.8, 4) is 0 Å². The van der Waals surface area contributed by atoms with Crippen LogP contribution in [0.15, 0.2) is 42.7 Å². The molecule has 4 heterocycles. The van der Waals surface area contributed by atoms with Crippen molar-refractivity contribution in [3.05, 3.63) is 53.9 Å². The van der Waals surface area contributed by atoms with Gasteiger partial charge in [-0.15, -0.1) is 0 Å². The number of benzene rings is 1. The fourth-order valence-corrected chi connectivity index (χ4v) is 5.36. The number of likely N-dealkylation sites (tertiary alicyclic amines) is 1. The van der Waals surface area contributed by atoms with E-state index < -0.39 is 5.92 Å². The van der Waals surface area contributed by atoms with Crippen LogP contribution in [0.2, 0.25) is 0 Å². The zero-order chi connectivity index (χ0) is 26.1. The molecule has 1 aromatic carbocycles. The molecule has 38 heavy (non-hydrogen) atoms. The number of amides is 1. The van der Waals surface area contributed by atoms with Crippen molar-refractivity contribution in [1.29, 1.82) is 0 Å². The highest BCUT2D eigenvalue weighted by Gasteiger charge is 2.37. The van der Waals surface area contributed by atoms with E-state index in [0.29, 0.717) is 17.6 Å². The largest absolute Gasteiger partial charge is 0.357 e. The number of nitrogens with zero attached hydrogens (tertiary/aromatic N) is 5. The molecule has 1 aliphatic carbocycles. The third-order valence-electron chi connectivity index (χ3n) is 7.79. The van der Waals surface area contributed by atoms with Crippen molar-refractivity contribution in [1.82, 2.24) is 25.2 Å². The number of pyridine rings is 1. The number of carbonyl (C=O) groups is 1. The lowest BCUT2D eigenvalue weighted by molar-refractivity contribution is -0.0632. The molecule has 8 nitrogen and oxygen atoms in total. The summed E-state index contributed by atoms with van der Waals surface area (Å²) < 4.78 is 27.8. The SMILES string of the molecule is O=C(NCC(c1cnc(NC2CC2)nc1)N1CCC(F)(F)CC1)c1cccc2nc(N3CCCC3)ccc12. The van der Waals surface area contributed by atoms with Crippen LogP contribution in [0.25, 0.3) is 10.9 Å². The number of fused-ring (bicyclic) bond motifs is 1. The van der Waals surface area contributed by atoms with E-state index in [2.05, 4.69) is 25.5 Å². The third kappa shape index (κ3) is 5.55. The molecule has 3 aromatic rings. The van der Waals surface area contributed by atoms with Crippen molar-refractivity contribution < 1.29 is 13.6 Å². The number of anilines is 2. The summed E-state index contributed by atoms with van der Waals surface area (Å²) in [5.74, 6) is -1.36. The van der Waals surface area contributed by atoms with E-state index >= 15 is 0 Å². The minimum Gasteiger partial charge on any atom is -0.357 e. The van der Waals surface area contributed by atoms with Crippen LogP contribution >= 0.6 is 0 Å². The molecule has 2 aliphatic heterocycles. The average molecular weight is 522 g/mol.